The van der Waals surface area contributed by atoms with Gasteiger partial charge in [-0.25, -0.2) is 0 Å². The SMILES string of the molecule is CC(=O)c1ccc2c(c1)CC[C@H]1[C@H]2CC[C@H]2C[C@@H](O)CC[C@@]21C. The summed E-state index contributed by atoms with van der Waals surface area (Å²) in [5.41, 5.74) is 4.19. The second-order valence-corrected chi connectivity index (χ2v) is 8.43. The standard InChI is InChI=1S/C21H28O2/c1-13(22)14-3-6-18-15(11-14)4-8-20-19(18)7-5-16-12-17(23)9-10-21(16,20)2/h3,6,11,16-17,19-20,23H,4-5,7-10,12H2,1-2H3/t16-,17-,19-,20-,21-/m0/s1. The summed E-state index contributed by atoms with van der Waals surface area (Å²) in [7, 11) is 0. The second-order valence-electron chi connectivity index (χ2n) is 8.43. The minimum atomic E-state index is -0.0707. The third kappa shape index (κ3) is 2.38. The predicted octanol–water partition coefficient (Wildman–Crippen LogP) is 4.50. The number of hydrogen-bond acceptors (Lipinski definition) is 2. The fraction of sp³-hybridized carbons (Fsp3) is 0.667. The zero-order valence-corrected chi connectivity index (χ0v) is 14.3. The van der Waals surface area contributed by atoms with E-state index >= 15 is 0 Å². The third-order valence-electron chi connectivity index (χ3n) is 7.34. The maximum absolute atomic E-state index is 11.7. The van der Waals surface area contributed by atoms with Crippen LogP contribution in [0.1, 0.15) is 79.8 Å². The van der Waals surface area contributed by atoms with E-state index in [4.69, 9.17) is 0 Å². The van der Waals surface area contributed by atoms with Gasteiger partial charge in [0.15, 0.2) is 5.78 Å². The molecule has 2 fully saturated rings. The van der Waals surface area contributed by atoms with Gasteiger partial charge in [-0.2, -0.15) is 0 Å². The number of aliphatic hydroxyl groups excluding tert-OH is 1. The first-order chi connectivity index (χ1) is 11.0. The van der Waals surface area contributed by atoms with E-state index in [9.17, 15) is 9.90 Å². The van der Waals surface area contributed by atoms with Gasteiger partial charge in [0.25, 0.3) is 0 Å². The summed E-state index contributed by atoms with van der Waals surface area (Å²) >= 11 is 0. The Morgan fingerprint density at radius 1 is 1.22 bits per heavy atom. The van der Waals surface area contributed by atoms with Crippen LogP contribution in [0.2, 0.25) is 0 Å². The minimum Gasteiger partial charge on any atom is -0.393 e. The molecule has 0 radical (unpaired) electrons. The Balaban J connectivity index is 1.67. The van der Waals surface area contributed by atoms with Crippen molar-refractivity contribution in [3.05, 3.63) is 34.9 Å². The van der Waals surface area contributed by atoms with Crippen molar-refractivity contribution in [1.29, 1.82) is 0 Å². The van der Waals surface area contributed by atoms with Crippen molar-refractivity contribution in [3.8, 4) is 0 Å². The molecule has 0 bridgehead atoms. The molecular formula is C21H28O2. The molecule has 1 aromatic carbocycles. The number of rotatable bonds is 1. The summed E-state index contributed by atoms with van der Waals surface area (Å²) < 4.78 is 0. The molecule has 124 valence electrons. The van der Waals surface area contributed by atoms with Crippen LogP contribution in [0, 0.1) is 17.3 Å². The minimum absolute atomic E-state index is 0.0707. The molecular weight excluding hydrogens is 284 g/mol. The highest BCUT2D eigenvalue weighted by atomic mass is 16.3. The van der Waals surface area contributed by atoms with Crippen molar-refractivity contribution >= 4 is 5.78 Å². The lowest BCUT2D eigenvalue weighted by Gasteiger charge is -2.56. The Bertz CT molecular complexity index is 635. The summed E-state index contributed by atoms with van der Waals surface area (Å²) in [5, 5.41) is 10.1. The Morgan fingerprint density at radius 3 is 2.83 bits per heavy atom. The van der Waals surface area contributed by atoms with Gasteiger partial charge in [0, 0.05) is 5.56 Å². The van der Waals surface area contributed by atoms with Gasteiger partial charge < -0.3 is 5.11 Å². The fourth-order valence-electron chi connectivity index (χ4n) is 5.99. The molecule has 4 rings (SSSR count). The maximum atomic E-state index is 11.7. The highest BCUT2D eigenvalue weighted by Gasteiger charge is 2.51. The number of aliphatic hydroxyl groups is 1. The van der Waals surface area contributed by atoms with Crippen molar-refractivity contribution in [3.63, 3.8) is 0 Å². The first-order valence-corrected chi connectivity index (χ1v) is 9.31. The van der Waals surface area contributed by atoms with Crippen molar-refractivity contribution < 1.29 is 9.90 Å². The number of aryl methyl sites for hydroxylation is 1. The lowest BCUT2D eigenvalue weighted by atomic mass is 9.49. The average molecular weight is 312 g/mol. The van der Waals surface area contributed by atoms with Gasteiger partial charge in [-0.3, -0.25) is 4.79 Å². The first-order valence-electron chi connectivity index (χ1n) is 9.31. The molecule has 0 spiro atoms. The third-order valence-corrected chi connectivity index (χ3v) is 7.34. The van der Waals surface area contributed by atoms with Crippen LogP contribution in [0.5, 0.6) is 0 Å². The van der Waals surface area contributed by atoms with Gasteiger partial charge in [-0.1, -0.05) is 19.1 Å². The van der Waals surface area contributed by atoms with Crippen LogP contribution in [0.15, 0.2) is 18.2 Å². The number of Topliss-reactive ketones (excluding diaryl/α,β-unsaturated/α-hetero) is 1. The van der Waals surface area contributed by atoms with Crippen LogP contribution in [-0.4, -0.2) is 17.0 Å². The van der Waals surface area contributed by atoms with Crippen LogP contribution in [0.25, 0.3) is 0 Å². The van der Waals surface area contributed by atoms with Crippen LogP contribution < -0.4 is 0 Å². The number of carbonyl (C=O) groups excluding carboxylic acids is 1. The molecule has 5 atom stereocenters. The van der Waals surface area contributed by atoms with Gasteiger partial charge in [0.05, 0.1) is 6.10 Å². The van der Waals surface area contributed by atoms with E-state index in [0.29, 0.717) is 17.3 Å². The molecule has 0 aromatic heterocycles. The van der Waals surface area contributed by atoms with Crippen molar-refractivity contribution in [1.82, 2.24) is 0 Å². The number of ketones is 1. The molecule has 2 heteroatoms. The van der Waals surface area contributed by atoms with E-state index < -0.39 is 0 Å². The summed E-state index contributed by atoms with van der Waals surface area (Å²) in [6, 6.07) is 6.42. The maximum Gasteiger partial charge on any atom is 0.159 e. The topological polar surface area (TPSA) is 37.3 Å². The summed E-state index contributed by atoms with van der Waals surface area (Å²) in [6.07, 6.45) is 7.97. The monoisotopic (exact) mass is 312 g/mol. The van der Waals surface area contributed by atoms with Crippen LogP contribution in [0.4, 0.5) is 0 Å². The molecule has 0 aliphatic heterocycles. The largest absolute Gasteiger partial charge is 0.393 e. The summed E-state index contributed by atoms with van der Waals surface area (Å²) in [6.45, 7) is 4.16. The Morgan fingerprint density at radius 2 is 2.04 bits per heavy atom. The smallest absolute Gasteiger partial charge is 0.159 e. The zero-order chi connectivity index (χ0) is 16.2. The quantitative estimate of drug-likeness (QED) is 0.775. The van der Waals surface area contributed by atoms with Gasteiger partial charge in [0.2, 0.25) is 0 Å². The van der Waals surface area contributed by atoms with E-state index in [2.05, 4.69) is 19.1 Å². The molecule has 2 nitrogen and oxygen atoms in total. The molecule has 1 aromatic rings. The first kappa shape index (κ1) is 15.4. The van der Waals surface area contributed by atoms with E-state index in [1.165, 1.54) is 36.8 Å². The Labute approximate surface area is 139 Å². The van der Waals surface area contributed by atoms with Gasteiger partial charge in [-0.05, 0) is 92.2 Å². The van der Waals surface area contributed by atoms with Crippen LogP contribution in [-0.2, 0) is 6.42 Å². The molecule has 0 unspecified atom stereocenters. The van der Waals surface area contributed by atoms with Gasteiger partial charge in [-0.15, -0.1) is 0 Å². The van der Waals surface area contributed by atoms with Crippen molar-refractivity contribution in [2.75, 3.05) is 0 Å². The fourth-order valence-corrected chi connectivity index (χ4v) is 5.99. The predicted molar refractivity (Wildman–Crippen MR) is 91.7 cm³/mol. The number of benzene rings is 1. The summed E-state index contributed by atoms with van der Waals surface area (Å²) in [5.74, 6) is 2.29. The molecule has 0 amide bonds. The molecule has 23 heavy (non-hydrogen) atoms. The van der Waals surface area contributed by atoms with E-state index in [-0.39, 0.29) is 11.9 Å². The van der Waals surface area contributed by atoms with Gasteiger partial charge >= 0.3 is 0 Å². The lowest BCUT2D eigenvalue weighted by molar-refractivity contribution is -0.0606. The number of carbonyl (C=O) groups is 1. The van der Waals surface area contributed by atoms with Gasteiger partial charge in [0.1, 0.15) is 0 Å². The van der Waals surface area contributed by atoms with Crippen LogP contribution in [0.3, 0.4) is 0 Å². The molecule has 2 saturated carbocycles. The Hall–Kier alpha value is -1.15. The summed E-state index contributed by atoms with van der Waals surface area (Å²) in [4.78, 5) is 11.7. The van der Waals surface area contributed by atoms with E-state index in [1.807, 2.05) is 6.07 Å². The van der Waals surface area contributed by atoms with E-state index in [0.717, 1.165) is 30.7 Å². The second kappa shape index (κ2) is 5.44. The van der Waals surface area contributed by atoms with Crippen molar-refractivity contribution in [2.45, 2.75) is 70.8 Å². The molecule has 0 saturated heterocycles. The highest BCUT2D eigenvalue weighted by molar-refractivity contribution is 5.94. The van der Waals surface area contributed by atoms with Crippen LogP contribution >= 0.6 is 0 Å². The molecule has 1 N–H and O–H groups in total. The normalized spacial score (nSPS) is 39.1. The average Bonchev–Trinajstić information content (AvgIpc) is 2.54. The highest BCUT2D eigenvalue weighted by Crippen LogP contribution is 2.60. The molecule has 3 aliphatic rings. The number of hydrogen-bond donors (Lipinski definition) is 1. The molecule has 0 heterocycles. The number of fused-ring (bicyclic) bond motifs is 5. The lowest BCUT2D eigenvalue weighted by Crippen LogP contribution is -2.48. The van der Waals surface area contributed by atoms with E-state index in [1.54, 1.807) is 6.92 Å². The Kier molecular flexibility index (Phi) is 3.64. The molecule has 3 aliphatic carbocycles. The zero-order valence-electron chi connectivity index (χ0n) is 14.3. The van der Waals surface area contributed by atoms with Crippen molar-refractivity contribution in [2.24, 2.45) is 17.3 Å².